The first kappa shape index (κ1) is 19.4. The number of rotatable bonds is 7. The number of amides is 1. The molecule has 7 nitrogen and oxygen atoms in total. The van der Waals surface area contributed by atoms with Crippen molar-refractivity contribution in [1.82, 2.24) is 15.2 Å². The van der Waals surface area contributed by atoms with E-state index in [1.165, 1.54) is 12.3 Å². The molecule has 28 heavy (non-hydrogen) atoms. The molecule has 1 heterocycles. The van der Waals surface area contributed by atoms with Crippen LogP contribution in [0.1, 0.15) is 28.5 Å². The number of phenols is 1. The minimum absolute atomic E-state index is 0.0121. The van der Waals surface area contributed by atoms with E-state index in [9.17, 15) is 9.90 Å². The fourth-order valence-electron chi connectivity index (χ4n) is 2.46. The van der Waals surface area contributed by atoms with Gasteiger partial charge >= 0.3 is 0 Å². The van der Waals surface area contributed by atoms with E-state index >= 15 is 0 Å². The van der Waals surface area contributed by atoms with Gasteiger partial charge in [-0.3, -0.25) is 9.48 Å². The largest absolute Gasteiger partial charge is 0.504 e. The van der Waals surface area contributed by atoms with E-state index in [1.54, 1.807) is 41.2 Å². The summed E-state index contributed by atoms with van der Waals surface area (Å²) < 4.78 is 6.92. The van der Waals surface area contributed by atoms with Crippen molar-refractivity contribution in [3.8, 4) is 11.5 Å². The lowest BCUT2D eigenvalue weighted by Crippen LogP contribution is -2.18. The maximum absolute atomic E-state index is 12.2. The van der Waals surface area contributed by atoms with Crippen LogP contribution in [0.4, 0.5) is 0 Å². The highest BCUT2D eigenvalue weighted by molar-refractivity contribution is 6.30. The fraction of sp³-hybridized carbons (Fsp3) is 0.150. The number of aromatic nitrogens is 2. The number of hydrogen-bond acceptors (Lipinski definition) is 5. The monoisotopic (exact) mass is 398 g/mol. The molecule has 0 aliphatic heterocycles. The molecule has 2 N–H and O–H groups in total. The summed E-state index contributed by atoms with van der Waals surface area (Å²) in [4.78, 5) is 12.2. The number of carbonyl (C=O) groups excluding carboxylic acids is 1. The molecule has 3 rings (SSSR count). The number of aromatic hydroxyl groups is 1. The van der Waals surface area contributed by atoms with Crippen LogP contribution in [0.25, 0.3) is 0 Å². The third-order valence-electron chi connectivity index (χ3n) is 3.79. The van der Waals surface area contributed by atoms with Gasteiger partial charge in [0.15, 0.2) is 17.2 Å². The number of benzene rings is 2. The number of hydrogen-bond donors (Lipinski definition) is 2. The van der Waals surface area contributed by atoms with Gasteiger partial charge in [-0.1, -0.05) is 23.7 Å². The van der Waals surface area contributed by atoms with Crippen LogP contribution < -0.4 is 10.2 Å². The zero-order chi connectivity index (χ0) is 19.9. The molecule has 0 spiro atoms. The van der Waals surface area contributed by atoms with Gasteiger partial charge in [-0.25, -0.2) is 5.43 Å². The lowest BCUT2D eigenvalue weighted by molar-refractivity contribution is 0.0949. The Balaban J connectivity index is 1.57. The minimum Gasteiger partial charge on any atom is -0.504 e. The number of phenolic OH excluding ortho intramolecular Hbond substituents is 1. The van der Waals surface area contributed by atoms with Crippen LogP contribution in [0.2, 0.25) is 5.02 Å². The Hall–Kier alpha value is -3.32. The first-order chi connectivity index (χ1) is 13.5. The lowest BCUT2D eigenvalue weighted by atomic mass is 10.2. The lowest BCUT2D eigenvalue weighted by Gasteiger charge is -2.05. The van der Waals surface area contributed by atoms with E-state index in [1.807, 2.05) is 19.1 Å². The van der Waals surface area contributed by atoms with E-state index in [-0.39, 0.29) is 11.4 Å². The number of nitrogens with one attached hydrogen (secondary N) is 1. The van der Waals surface area contributed by atoms with Gasteiger partial charge in [0.05, 0.1) is 19.4 Å². The van der Waals surface area contributed by atoms with Crippen LogP contribution in [0.3, 0.4) is 0 Å². The van der Waals surface area contributed by atoms with Crippen LogP contribution in [0.15, 0.2) is 59.8 Å². The number of carbonyl (C=O) groups is 1. The zero-order valence-electron chi connectivity index (χ0n) is 15.2. The smallest absolute Gasteiger partial charge is 0.291 e. The summed E-state index contributed by atoms with van der Waals surface area (Å²) >= 11 is 5.87. The maximum atomic E-state index is 12.2. The highest BCUT2D eigenvalue weighted by Crippen LogP contribution is 2.26. The van der Waals surface area contributed by atoms with Gasteiger partial charge in [-0.2, -0.15) is 10.2 Å². The third-order valence-corrected chi connectivity index (χ3v) is 4.05. The fourth-order valence-corrected chi connectivity index (χ4v) is 2.59. The average molecular weight is 399 g/mol. The topological polar surface area (TPSA) is 88.7 Å². The Morgan fingerprint density at radius 2 is 2.07 bits per heavy atom. The number of hydrazone groups is 1. The predicted octanol–water partition coefficient (Wildman–Crippen LogP) is 3.45. The van der Waals surface area contributed by atoms with Crippen molar-refractivity contribution in [3.63, 3.8) is 0 Å². The van der Waals surface area contributed by atoms with Gasteiger partial charge in [-0.15, -0.1) is 0 Å². The van der Waals surface area contributed by atoms with Gasteiger partial charge in [0.25, 0.3) is 5.91 Å². The average Bonchev–Trinajstić information content (AvgIpc) is 3.14. The van der Waals surface area contributed by atoms with Gasteiger partial charge in [0.1, 0.15) is 0 Å². The molecule has 2 aromatic carbocycles. The Morgan fingerprint density at radius 1 is 1.29 bits per heavy atom. The molecular weight excluding hydrogens is 380 g/mol. The van der Waals surface area contributed by atoms with Crippen molar-refractivity contribution in [1.29, 1.82) is 0 Å². The van der Waals surface area contributed by atoms with Gasteiger partial charge in [-0.05, 0) is 54.4 Å². The van der Waals surface area contributed by atoms with Crippen LogP contribution in [0.5, 0.6) is 11.5 Å². The molecule has 0 aliphatic rings. The molecule has 0 radical (unpaired) electrons. The van der Waals surface area contributed by atoms with Gasteiger partial charge < -0.3 is 9.84 Å². The Bertz CT molecular complexity index is 983. The summed E-state index contributed by atoms with van der Waals surface area (Å²) in [5.74, 6) is -0.0192. The van der Waals surface area contributed by atoms with Gasteiger partial charge in [0, 0.05) is 11.2 Å². The maximum Gasteiger partial charge on any atom is 0.291 e. The van der Waals surface area contributed by atoms with Crippen LogP contribution >= 0.6 is 11.6 Å². The second kappa shape index (κ2) is 9.05. The molecule has 3 aromatic rings. The van der Waals surface area contributed by atoms with Crippen molar-refractivity contribution in [3.05, 3.63) is 76.6 Å². The normalized spacial score (nSPS) is 10.9. The molecule has 1 aromatic heterocycles. The highest BCUT2D eigenvalue weighted by atomic mass is 35.5. The summed E-state index contributed by atoms with van der Waals surface area (Å²) in [5, 5.41) is 18.7. The molecule has 0 saturated heterocycles. The van der Waals surface area contributed by atoms with Crippen molar-refractivity contribution in [2.24, 2.45) is 5.10 Å². The van der Waals surface area contributed by atoms with Crippen molar-refractivity contribution in [2.45, 2.75) is 13.5 Å². The van der Waals surface area contributed by atoms with Crippen LogP contribution in [-0.2, 0) is 6.54 Å². The Labute approximate surface area is 167 Å². The summed E-state index contributed by atoms with van der Waals surface area (Å²) in [6.45, 7) is 2.82. The molecule has 144 valence electrons. The molecule has 0 aliphatic carbocycles. The Kier molecular flexibility index (Phi) is 6.29. The number of nitrogens with zero attached hydrogens (tertiary/aromatic N) is 3. The molecule has 8 heteroatoms. The van der Waals surface area contributed by atoms with Crippen LogP contribution in [-0.4, -0.2) is 33.6 Å². The van der Waals surface area contributed by atoms with Gasteiger partial charge in [0.2, 0.25) is 0 Å². The summed E-state index contributed by atoms with van der Waals surface area (Å²) in [7, 11) is 0. The summed E-state index contributed by atoms with van der Waals surface area (Å²) in [6, 6.07) is 13.9. The van der Waals surface area contributed by atoms with Crippen molar-refractivity contribution >= 4 is 23.7 Å². The molecule has 0 atom stereocenters. The predicted molar refractivity (Wildman–Crippen MR) is 107 cm³/mol. The first-order valence-corrected chi connectivity index (χ1v) is 9.00. The minimum atomic E-state index is -0.429. The second-order valence-electron chi connectivity index (χ2n) is 5.88. The standard InChI is InChI=1S/C20H19ClN4O3/c1-2-28-19-8-5-15(11-18(19)26)12-22-23-20(27)17-9-10-25(24-17)13-14-3-6-16(21)7-4-14/h3-12,26H,2,13H2,1H3,(H,23,27). The molecule has 0 unspecified atom stereocenters. The van der Waals surface area contributed by atoms with E-state index in [0.29, 0.717) is 29.5 Å². The summed E-state index contributed by atoms with van der Waals surface area (Å²) in [5.41, 5.74) is 4.31. The molecule has 1 amide bonds. The SMILES string of the molecule is CCOc1ccc(C=NNC(=O)c2ccn(Cc3ccc(Cl)cc3)n2)cc1O. The third kappa shape index (κ3) is 5.11. The second-order valence-corrected chi connectivity index (χ2v) is 6.32. The van der Waals surface area contributed by atoms with Crippen LogP contribution in [0, 0.1) is 0 Å². The van der Waals surface area contributed by atoms with E-state index in [4.69, 9.17) is 16.3 Å². The number of ether oxygens (including phenoxy) is 1. The quantitative estimate of drug-likeness (QED) is 0.471. The molecular formula is C20H19ClN4O3. The molecule has 0 saturated carbocycles. The molecule has 0 bridgehead atoms. The summed E-state index contributed by atoms with van der Waals surface area (Å²) in [6.07, 6.45) is 3.15. The molecule has 0 fully saturated rings. The first-order valence-electron chi connectivity index (χ1n) is 8.62. The van der Waals surface area contributed by atoms with E-state index < -0.39 is 5.91 Å². The number of halogens is 1. The van der Waals surface area contributed by atoms with E-state index in [0.717, 1.165) is 5.56 Å². The Morgan fingerprint density at radius 3 is 2.79 bits per heavy atom. The van der Waals surface area contributed by atoms with E-state index in [2.05, 4.69) is 15.6 Å². The highest BCUT2D eigenvalue weighted by Gasteiger charge is 2.09. The van der Waals surface area contributed by atoms with Crippen molar-refractivity contribution in [2.75, 3.05) is 6.61 Å². The van der Waals surface area contributed by atoms with Crippen molar-refractivity contribution < 1.29 is 14.6 Å². The zero-order valence-corrected chi connectivity index (χ0v) is 15.9.